The van der Waals surface area contributed by atoms with Crippen LogP contribution >= 0.6 is 0 Å². The second-order valence-corrected chi connectivity index (χ2v) is 4.03. The van der Waals surface area contributed by atoms with Gasteiger partial charge in [-0.1, -0.05) is 18.2 Å². The Hall–Kier alpha value is -1.54. The molecular weight excluding hydrogens is 198 g/mol. The maximum Gasteiger partial charge on any atom is 0.125 e. The minimum atomic E-state index is 0.134. The lowest BCUT2D eigenvalue weighted by Crippen LogP contribution is -2.18. The molecule has 0 saturated heterocycles. The highest BCUT2D eigenvalue weighted by molar-refractivity contribution is 5.38. The molecule has 1 aromatic carbocycles. The number of benzene rings is 1. The second-order valence-electron chi connectivity index (χ2n) is 4.03. The molecule has 2 nitrogen and oxygen atoms in total. The Morgan fingerprint density at radius 2 is 1.94 bits per heavy atom. The number of nitrogens with one attached hydrogen (secondary N) is 1. The van der Waals surface area contributed by atoms with Crippen molar-refractivity contribution in [2.45, 2.75) is 19.9 Å². The maximum absolute atomic E-state index is 5.47. The van der Waals surface area contributed by atoms with Crippen molar-refractivity contribution in [2.24, 2.45) is 0 Å². The summed E-state index contributed by atoms with van der Waals surface area (Å²) >= 11 is 0. The summed E-state index contributed by atoms with van der Waals surface area (Å²) in [6.07, 6.45) is 1.71. The summed E-state index contributed by atoms with van der Waals surface area (Å²) in [6.45, 7) is 4.28. The van der Waals surface area contributed by atoms with Crippen LogP contribution in [0.5, 0.6) is 0 Å². The molecule has 16 heavy (non-hydrogen) atoms. The van der Waals surface area contributed by atoms with Gasteiger partial charge in [0.15, 0.2) is 0 Å². The van der Waals surface area contributed by atoms with E-state index in [0.717, 1.165) is 5.76 Å². The van der Waals surface area contributed by atoms with Gasteiger partial charge in [-0.25, -0.2) is 0 Å². The van der Waals surface area contributed by atoms with Gasteiger partial charge in [0.05, 0.1) is 12.3 Å². The first-order chi connectivity index (χ1) is 7.74. The van der Waals surface area contributed by atoms with Crippen molar-refractivity contribution >= 4 is 0 Å². The van der Waals surface area contributed by atoms with Crippen LogP contribution in [0.4, 0.5) is 0 Å². The van der Waals surface area contributed by atoms with E-state index in [1.807, 2.05) is 19.2 Å². The number of aryl methyl sites for hydroxylation is 1. The Bertz CT molecular complexity index is 460. The SMILES string of the molecule is CNC(c1ccco1)c1cccc(C)c1C. The Kier molecular flexibility index (Phi) is 3.11. The molecule has 0 aliphatic heterocycles. The van der Waals surface area contributed by atoms with Crippen molar-refractivity contribution < 1.29 is 4.42 Å². The van der Waals surface area contributed by atoms with E-state index in [9.17, 15) is 0 Å². The van der Waals surface area contributed by atoms with Gasteiger partial charge in [-0.15, -0.1) is 0 Å². The zero-order valence-electron chi connectivity index (χ0n) is 9.95. The first kappa shape index (κ1) is 11.0. The summed E-state index contributed by atoms with van der Waals surface area (Å²) in [5.41, 5.74) is 3.90. The lowest BCUT2D eigenvalue weighted by molar-refractivity contribution is 0.462. The summed E-state index contributed by atoms with van der Waals surface area (Å²) < 4.78 is 5.47. The summed E-state index contributed by atoms with van der Waals surface area (Å²) in [6, 6.07) is 10.4. The highest BCUT2D eigenvalue weighted by Crippen LogP contribution is 2.26. The van der Waals surface area contributed by atoms with Gasteiger partial charge in [0.2, 0.25) is 0 Å². The molecular formula is C14H17NO. The predicted molar refractivity (Wildman–Crippen MR) is 65.5 cm³/mol. The van der Waals surface area contributed by atoms with Crippen LogP contribution in [0.3, 0.4) is 0 Å². The zero-order chi connectivity index (χ0) is 11.5. The van der Waals surface area contributed by atoms with E-state index < -0.39 is 0 Å². The van der Waals surface area contributed by atoms with Crippen LogP contribution in [0.1, 0.15) is 28.5 Å². The molecule has 84 valence electrons. The van der Waals surface area contributed by atoms with Gasteiger partial charge >= 0.3 is 0 Å². The van der Waals surface area contributed by atoms with E-state index in [0.29, 0.717) is 0 Å². The van der Waals surface area contributed by atoms with Crippen molar-refractivity contribution in [3.63, 3.8) is 0 Å². The molecule has 0 aliphatic rings. The van der Waals surface area contributed by atoms with Crippen LogP contribution < -0.4 is 5.32 Å². The minimum absolute atomic E-state index is 0.134. The molecule has 0 aliphatic carbocycles. The molecule has 1 aromatic heterocycles. The Morgan fingerprint density at radius 1 is 1.12 bits per heavy atom. The molecule has 1 unspecified atom stereocenters. The molecule has 0 fully saturated rings. The fraction of sp³-hybridized carbons (Fsp3) is 0.286. The van der Waals surface area contributed by atoms with E-state index in [-0.39, 0.29) is 6.04 Å². The molecule has 0 spiro atoms. The monoisotopic (exact) mass is 215 g/mol. The average Bonchev–Trinajstić information content (AvgIpc) is 2.79. The number of rotatable bonds is 3. The minimum Gasteiger partial charge on any atom is -0.467 e. The average molecular weight is 215 g/mol. The van der Waals surface area contributed by atoms with Gasteiger partial charge in [-0.3, -0.25) is 0 Å². The van der Waals surface area contributed by atoms with E-state index >= 15 is 0 Å². The number of hydrogen-bond acceptors (Lipinski definition) is 2. The number of hydrogen-bond donors (Lipinski definition) is 1. The molecule has 2 rings (SSSR count). The standard InChI is InChI=1S/C14H17NO/c1-10-6-4-7-12(11(10)2)14(15-3)13-8-5-9-16-13/h4-9,14-15H,1-3H3. The van der Waals surface area contributed by atoms with Gasteiger partial charge in [0, 0.05) is 0 Å². The van der Waals surface area contributed by atoms with Gasteiger partial charge in [-0.05, 0) is 49.7 Å². The van der Waals surface area contributed by atoms with Crippen LogP contribution in [0, 0.1) is 13.8 Å². The first-order valence-electron chi connectivity index (χ1n) is 5.51. The highest BCUT2D eigenvalue weighted by Gasteiger charge is 2.16. The van der Waals surface area contributed by atoms with Crippen LogP contribution in [0.15, 0.2) is 41.0 Å². The lowest BCUT2D eigenvalue weighted by Gasteiger charge is -2.17. The molecule has 0 radical (unpaired) electrons. The smallest absolute Gasteiger partial charge is 0.125 e. The zero-order valence-corrected chi connectivity index (χ0v) is 9.95. The topological polar surface area (TPSA) is 25.2 Å². The van der Waals surface area contributed by atoms with Crippen LogP contribution in [0.25, 0.3) is 0 Å². The van der Waals surface area contributed by atoms with Gasteiger partial charge in [0.25, 0.3) is 0 Å². The largest absolute Gasteiger partial charge is 0.467 e. The van der Waals surface area contributed by atoms with E-state index in [2.05, 4.69) is 37.4 Å². The first-order valence-corrected chi connectivity index (χ1v) is 5.51. The molecule has 2 aromatic rings. The van der Waals surface area contributed by atoms with E-state index in [1.54, 1.807) is 6.26 Å². The summed E-state index contributed by atoms with van der Waals surface area (Å²) in [4.78, 5) is 0. The molecule has 1 N–H and O–H groups in total. The van der Waals surface area contributed by atoms with Crippen LogP contribution in [-0.2, 0) is 0 Å². The molecule has 1 atom stereocenters. The van der Waals surface area contributed by atoms with Crippen molar-refractivity contribution in [2.75, 3.05) is 7.05 Å². The Balaban J connectivity index is 2.45. The number of furan rings is 1. The van der Waals surface area contributed by atoms with Crippen LogP contribution in [0.2, 0.25) is 0 Å². The molecule has 0 saturated carbocycles. The van der Waals surface area contributed by atoms with Crippen LogP contribution in [-0.4, -0.2) is 7.05 Å². The Labute approximate surface area is 96.3 Å². The maximum atomic E-state index is 5.47. The molecule has 2 heteroatoms. The fourth-order valence-corrected chi connectivity index (χ4v) is 1.99. The highest BCUT2D eigenvalue weighted by atomic mass is 16.3. The third kappa shape index (κ3) is 1.89. The molecule has 1 heterocycles. The summed E-state index contributed by atoms with van der Waals surface area (Å²) in [7, 11) is 1.95. The van der Waals surface area contributed by atoms with Gasteiger partial charge in [0.1, 0.15) is 5.76 Å². The van der Waals surface area contributed by atoms with Crippen molar-refractivity contribution in [1.29, 1.82) is 0 Å². The molecule has 0 amide bonds. The normalized spacial score (nSPS) is 12.7. The second kappa shape index (κ2) is 4.54. The quantitative estimate of drug-likeness (QED) is 0.850. The third-order valence-corrected chi connectivity index (χ3v) is 3.07. The fourth-order valence-electron chi connectivity index (χ4n) is 1.99. The Morgan fingerprint density at radius 3 is 2.56 bits per heavy atom. The predicted octanol–water partition coefficient (Wildman–Crippen LogP) is 3.21. The molecule has 0 bridgehead atoms. The summed E-state index contributed by atoms with van der Waals surface area (Å²) in [5.74, 6) is 0.955. The summed E-state index contributed by atoms with van der Waals surface area (Å²) in [5, 5.41) is 3.30. The van der Waals surface area contributed by atoms with Crippen molar-refractivity contribution in [3.05, 3.63) is 59.0 Å². The van der Waals surface area contributed by atoms with E-state index in [1.165, 1.54) is 16.7 Å². The van der Waals surface area contributed by atoms with Crippen molar-refractivity contribution in [1.82, 2.24) is 5.32 Å². The van der Waals surface area contributed by atoms with Crippen molar-refractivity contribution in [3.8, 4) is 0 Å². The van der Waals surface area contributed by atoms with Gasteiger partial charge < -0.3 is 9.73 Å². The lowest BCUT2D eigenvalue weighted by atomic mass is 9.96. The van der Waals surface area contributed by atoms with E-state index in [4.69, 9.17) is 4.42 Å². The third-order valence-electron chi connectivity index (χ3n) is 3.07. The van der Waals surface area contributed by atoms with Gasteiger partial charge in [-0.2, -0.15) is 0 Å².